The van der Waals surface area contributed by atoms with Crippen molar-refractivity contribution >= 4 is 0 Å². The molecule has 0 aliphatic heterocycles. The SMILES string of the molecule is NCCCOc1cccc2c1[C@@H](O)c1ccccc1-2. The van der Waals surface area contributed by atoms with Crippen LogP contribution in [0.2, 0.25) is 0 Å². The zero-order valence-electron chi connectivity index (χ0n) is 10.7. The predicted octanol–water partition coefficient (Wildman–Crippen LogP) is 2.48. The van der Waals surface area contributed by atoms with Gasteiger partial charge in [0.05, 0.1) is 6.61 Å². The van der Waals surface area contributed by atoms with Gasteiger partial charge in [0.25, 0.3) is 0 Å². The molecule has 0 amide bonds. The summed E-state index contributed by atoms with van der Waals surface area (Å²) in [7, 11) is 0. The Kier molecular flexibility index (Phi) is 3.23. The van der Waals surface area contributed by atoms with E-state index in [1.807, 2.05) is 42.5 Å². The molecule has 3 N–H and O–H groups in total. The first kappa shape index (κ1) is 12.2. The van der Waals surface area contributed by atoms with Crippen LogP contribution in [0.1, 0.15) is 23.7 Å². The summed E-state index contributed by atoms with van der Waals surface area (Å²) in [4.78, 5) is 0. The molecule has 3 rings (SSSR count). The van der Waals surface area contributed by atoms with Crippen molar-refractivity contribution in [1.29, 1.82) is 0 Å². The van der Waals surface area contributed by atoms with Gasteiger partial charge >= 0.3 is 0 Å². The highest BCUT2D eigenvalue weighted by atomic mass is 16.5. The molecule has 0 aromatic heterocycles. The fourth-order valence-corrected chi connectivity index (χ4v) is 2.59. The van der Waals surface area contributed by atoms with Gasteiger partial charge in [0.1, 0.15) is 11.9 Å². The second-order valence-corrected chi connectivity index (χ2v) is 4.70. The van der Waals surface area contributed by atoms with Gasteiger partial charge < -0.3 is 15.6 Å². The second kappa shape index (κ2) is 5.03. The van der Waals surface area contributed by atoms with Gasteiger partial charge in [0, 0.05) is 5.56 Å². The van der Waals surface area contributed by atoms with Crippen molar-refractivity contribution in [3.8, 4) is 16.9 Å². The summed E-state index contributed by atoms with van der Waals surface area (Å²) >= 11 is 0. The summed E-state index contributed by atoms with van der Waals surface area (Å²) in [5, 5.41) is 10.5. The van der Waals surface area contributed by atoms with Crippen molar-refractivity contribution in [1.82, 2.24) is 0 Å². The summed E-state index contributed by atoms with van der Waals surface area (Å²) < 4.78 is 5.75. The maximum atomic E-state index is 10.5. The second-order valence-electron chi connectivity index (χ2n) is 4.70. The van der Waals surface area contributed by atoms with Crippen LogP contribution >= 0.6 is 0 Å². The number of benzene rings is 2. The first-order valence-corrected chi connectivity index (χ1v) is 6.56. The van der Waals surface area contributed by atoms with E-state index in [-0.39, 0.29) is 0 Å². The molecule has 1 atom stereocenters. The van der Waals surface area contributed by atoms with E-state index in [2.05, 4.69) is 0 Å². The number of hydrogen-bond donors (Lipinski definition) is 2. The molecule has 19 heavy (non-hydrogen) atoms. The number of aliphatic hydroxyl groups excluding tert-OH is 1. The van der Waals surface area contributed by atoms with Crippen molar-refractivity contribution in [2.75, 3.05) is 13.2 Å². The number of rotatable bonds is 4. The Balaban J connectivity index is 2.01. The van der Waals surface area contributed by atoms with E-state index in [1.54, 1.807) is 0 Å². The Morgan fingerprint density at radius 3 is 2.68 bits per heavy atom. The molecule has 0 radical (unpaired) electrons. The lowest BCUT2D eigenvalue weighted by Gasteiger charge is -2.13. The van der Waals surface area contributed by atoms with Crippen molar-refractivity contribution in [3.05, 3.63) is 53.6 Å². The molecule has 1 aliphatic carbocycles. The van der Waals surface area contributed by atoms with Crippen molar-refractivity contribution in [2.24, 2.45) is 5.73 Å². The standard InChI is InChI=1S/C16H17NO2/c17-9-4-10-19-14-8-3-7-12-11-5-1-2-6-13(11)16(18)15(12)14/h1-3,5-8,16,18H,4,9-10,17H2/t16-/m0/s1. The summed E-state index contributed by atoms with van der Waals surface area (Å²) in [6.07, 6.45) is 0.215. The highest BCUT2D eigenvalue weighted by molar-refractivity contribution is 5.80. The van der Waals surface area contributed by atoms with Crippen LogP contribution < -0.4 is 10.5 Å². The molecule has 0 saturated carbocycles. The average molecular weight is 255 g/mol. The largest absolute Gasteiger partial charge is 0.493 e. The average Bonchev–Trinajstić information content (AvgIpc) is 2.74. The fourth-order valence-electron chi connectivity index (χ4n) is 2.59. The Labute approximate surface area is 112 Å². The molecule has 2 aromatic carbocycles. The van der Waals surface area contributed by atoms with E-state index in [9.17, 15) is 5.11 Å². The van der Waals surface area contributed by atoms with Crippen LogP contribution in [0, 0.1) is 0 Å². The smallest absolute Gasteiger partial charge is 0.126 e. The quantitative estimate of drug-likeness (QED) is 0.825. The molecule has 0 unspecified atom stereocenters. The molecule has 98 valence electrons. The van der Waals surface area contributed by atoms with E-state index < -0.39 is 6.10 Å². The van der Waals surface area contributed by atoms with Crippen LogP contribution in [-0.2, 0) is 0 Å². The van der Waals surface area contributed by atoms with Gasteiger partial charge in [-0.25, -0.2) is 0 Å². The summed E-state index contributed by atoms with van der Waals surface area (Å²) in [6.45, 7) is 1.19. The normalized spacial score (nSPS) is 16.0. The molecule has 3 nitrogen and oxygen atoms in total. The summed E-state index contributed by atoms with van der Waals surface area (Å²) in [5.74, 6) is 0.759. The van der Waals surface area contributed by atoms with E-state index in [0.717, 1.165) is 34.4 Å². The van der Waals surface area contributed by atoms with Crippen LogP contribution in [0.4, 0.5) is 0 Å². The minimum absolute atomic E-state index is 0.579. The third-order valence-electron chi connectivity index (χ3n) is 3.49. The first-order valence-electron chi connectivity index (χ1n) is 6.56. The Morgan fingerprint density at radius 2 is 1.84 bits per heavy atom. The topological polar surface area (TPSA) is 55.5 Å². The third kappa shape index (κ3) is 2.01. The van der Waals surface area contributed by atoms with Gasteiger partial charge in [-0.2, -0.15) is 0 Å². The van der Waals surface area contributed by atoms with E-state index >= 15 is 0 Å². The number of ether oxygens (including phenoxy) is 1. The molecule has 0 spiro atoms. The molecule has 0 bridgehead atoms. The monoisotopic (exact) mass is 255 g/mol. The lowest BCUT2D eigenvalue weighted by atomic mass is 10.1. The Hall–Kier alpha value is -1.84. The number of aliphatic hydroxyl groups is 1. The van der Waals surface area contributed by atoms with Gasteiger partial charge in [0.2, 0.25) is 0 Å². The lowest BCUT2D eigenvalue weighted by Crippen LogP contribution is -2.07. The minimum Gasteiger partial charge on any atom is -0.493 e. The fraction of sp³-hybridized carbons (Fsp3) is 0.250. The molecule has 1 aliphatic rings. The van der Waals surface area contributed by atoms with Gasteiger partial charge in [-0.3, -0.25) is 0 Å². The lowest BCUT2D eigenvalue weighted by molar-refractivity contribution is 0.215. The van der Waals surface area contributed by atoms with Crippen LogP contribution in [0.3, 0.4) is 0 Å². The van der Waals surface area contributed by atoms with E-state index in [4.69, 9.17) is 10.5 Å². The Morgan fingerprint density at radius 1 is 1.05 bits per heavy atom. The van der Waals surface area contributed by atoms with E-state index in [1.165, 1.54) is 0 Å². The van der Waals surface area contributed by atoms with Crippen LogP contribution in [0.5, 0.6) is 5.75 Å². The molecular weight excluding hydrogens is 238 g/mol. The molecule has 0 heterocycles. The maximum absolute atomic E-state index is 10.5. The zero-order valence-corrected chi connectivity index (χ0v) is 10.7. The molecule has 2 aromatic rings. The highest BCUT2D eigenvalue weighted by Crippen LogP contribution is 2.47. The van der Waals surface area contributed by atoms with Crippen LogP contribution in [-0.4, -0.2) is 18.3 Å². The highest BCUT2D eigenvalue weighted by Gasteiger charge is 2.29. The summed E-state index contributed by atoms with van der Waals surface area (Å²) in [5.41, 5.74) is 9.45. The summed E-state index contributed by atoms with van der Waals surface area (Å²) in [6, 6.07) is 13.8. The van der Waals surface area contributed by atoms with Gasteiger partial charge in [0.15, 0.2) is 0 Å². The number of nitrogens with two attached hydrogens (primary N) is 1. The van der Waals surface area contributed by atoms with Crippen molar-refractivity contribution < 1.29 is 9.84 Å². The zero-order chi connectivity index (χ0) is 13.2. The number of fused-ring (bicyclic) bond motifs is 3. The Bertz CT molecular complexity index is 595. The van der Waals surface area contributed by atoms with Crippen LogP contribution in [0.25, 0.3) is 11.1 Å². The predicted molar refractivity (Wildman–Crippen MR) is 75.1 cm³/mol. The number of hydrogen-bond acceptors (Lipinski definition) is 3. The molecule has 0 fully saturated rings. The van der Waals surface area contributed by atoms with Gasteiger partial charge in [-0.1, -0.05) is 36.4 Å². The maximum Gasteiger partial charge on any atom is 0.126 e. The third-order valence-corrected chi connectivity index (χ3v) is 3.49. The molecule has 3 heteroatoms. The van der Waals surface area contributed by atoms with Crippen molar-refractivity contribution in [3.63, 3.8) is 0 Å². The molecular formula is C16H17NO2. The van der Waals surface area contributed by atoms with Gasteiger partial charge in [-0.05, 0) is 35.7 Å². The van der Waals surface area contributed by atoms with Crippen molar-refractivity contribution in [2.45, 2.75) is 12.5 Å². The first-order chi connectivity index (χ1) is 9.33. The van der Waals surface area contributed by atoms with E-state index in [0.29, 0.717) is 13.2 Å². The van der Waals surface area contributed by atoms with Crippen LogP contribution in [0.15, 0.2) is 42.5 Å². The minimum atomic E-state index is -0.597. The van der Waals surface area contributed by atoms with Gasteiger partial charge in [-0.15, -0.1) is 0 Å². The molecule has 0 saturated heterocycles.